The maximum Gasteiger partial charge on any atom is 0.275 e. The minimum Gasteiger partial charge on any atom is -0.337 e. The lowest BCUT2D eigenvalue weighted by molar-refractivity contribution is 0.0775. The Hall–Kier alpha value is -1.08. The van der Waals surface area contributed by atoms with Gasteiger partial charge in [-0.15, -0.1) is 0 Å². The Morgan fingerprint density at radius 1 is 1.40 bits per heavy atom. The van der Waals surface area contributed by atoms with Crippen LogP contribution in [0.3, 0.4) is 0 Å². The number of likely N-dealkylation sites (tertiary alicyclic amines) is 1. The number of hydrogen-bond acceptors (Lipinski definition) is 4. The van der Waals surface area contributed by atoms with E-state index in [1.807, 2.05) is 0 Å². The second kappa shape index (κ2) is 5.37. The lowest BCUT2D eigenvalue weighted by atomic mass is 10.0. The van der Waals surface area contributed by atoms with Gasteiger partial charge in [0.1, 0.15) is 4.90 Å². The van der Waals surface area contributed by atoms with Gasteiger partial charge in [-0.2, -0.15) is 5.10 Å². The van der Waals surface area contributed by atoms with Crippen LogP contribution in [0.25, 0.3) is 0 Å². The molecule has 2 atom stereocenters. The van der Waals surface area contributed by atoms with Crippen molar-refractivity contribution < 1.29 is 13.2 Å². The van der Waals surface area contributed by atoms with Gasteiger partial charge in [-0.25, -0.2) is 8.42 Å². The lowest BCUT2D eigenvalue weighted by Crippen LogP contribution is -2.30. The average Bonchev–Trinajstić information content (AvgIpc) is 2.92. The molecule has 1 amide bonds. The molecule has 2 rings (SSSR count). The van der Waals surface area contributed by atoms with Crippen molar-refractivity contribution >= 4 is 25.6 Å². The molecule has 1 aliphatic heterocycles. The molecule has 1 aliphatic rings. The van der Waals surface area contributed by atoms with E-state index in [0.717, 1.165) is 0 Å². The second-order valence-corrected chi connectivity index (χ2v) is 7.84. The van der Waals surface area contributed by atoms with Gasteiger partial charge in [-0.05, 0) is 18.3 Å². The molecule has 0 aromatic carbocycles. The number of carbonyl (C=O) groups excluding carboxylic acids is 1. The highest BCUT2D eigenvalue weighted by Gasteiger charge is 2.35. The van der Waals surface area contributed by atoms with Crippen LogP contribution in [0.1, 0.15) is 37.0 Å². The molecular formula is C12H18ClN3O3S. The van der Waals surface area contributed by atoms with Crippen LogP contribution in [0.15, 0.2) is 4.90 Å². The third kappa shape index (κ3) is 2.69. The van der Waals surface area contributed by atoms with Crippen molar-refractivity contribution in [3.63, 3.8) is 0 Å². The molecule has 1 aromatic rings. The lowest BCUT2D eigenvalue weighted by Gasteiger charge is -2.14. The highest BCUT2D eigenvalue weighted by molar-refractivity contribution is 8.13. The zero-order valence-corrected chi connectivity index (χ0v) is 13.3. The molecule has 1 N–H and O–H groups in total. The van der Waals surface area contributed by atoms with Crippen LogP contribution in [-0.4, -0.2) is 42.5 Å². The molecule has 8 heteroatoms. The fourth-order valence-electron chi connectivity index (χ4n) is 2.46. The topological polar surface area (TPSA) is 83.1 Å². The van der Waals surface area contributed by atoms with E-state index < -0.39 is 9.05 Å². The van der Waals surface area contributed by atoms with Gasteiger partial charge in [0.2, 0.25) is 0 Å². The van der Waals surface area contributed by atoms with Crippen molar-refractivity contribution in [3.05, 3.63) is 11.4 Å². The molecule has 0 bridgehead atoms. The SMILES string of the molecule is CCc1[nH]nc(C(=O)N2CC(C)C(C)C2)c1S(=O)(=O)Cl. The summed E-state index contributed by atoms with van der Waals surface area (Å²) in [4.78, 5) is 13.9. The number of nitrogens with one attached hydrogen (secondary N) is 1. The zero-order chi connectivity index (χ0) is 15.1. The number of nitrogens with zero attached hydrogens (tertiary/aromatic N) is 2. The van der Waals surface area contributed by atoms with Gasteiger partial charge < -0.3 is 4.90 Å². The van der Waals surface area contributed by atoms with Crippen molar-refractivity contribution in [2.75, 3.05) is 13.1 Å². The molecular weight excluding hydrogens is 302 g/mol. The van der Waals surface area contributed by atoms with Gasteiger partial charge in [-0.1, -0.05) is 20.8 Å². The van der Waals surface area contributed by atoms with Gasteiger partial charge in [0.25, 0.3) is 15.0 Å². The van der Waals surface area contributed by atoms with Crippen LogP contribution >= 0.6 is 10.7 Å². The van der Waals surface area contributed by atoms with Gasteiger partial charge in [0.15, 0.2) is 5.69 Å². The Kier molecular flexibility index (Phi) is 4.11. The number of aromatic amines is 1. The van der Waals surface area contributed by atoms with Gasteiger partial charge in [-0.3, -0.25) is 9.89 Å². The molecule has 1 fully saturated rings. The molecule has 1 aromatic heterocycles. The Labute approximate surface area is 122 Å². The molecule has 0 radical (unpaired) electrons. The van der Waals surface area contributed by atoms with Gasteiger partial charge in [0, 0.05) is 23.8 Å². The highest BCUT2D eigenvalue weighted by atomic mass is 35.7. The predicted octanol–water partition coefficient (Wildman–Crippen LogP) is 1.63. The standard InChI is InChI=1S/C12H18ClN3O3S/c1-4-9-11(20(13,18)19)10(15-14-9)12(17)16-5-7(2)8(3)6-16/h7-8H,4-6H2,1-3H3,(H,14,15). The zero-order valence-electron chi connectivity index (χ0n) is 11.7. The first-order valence-corrected chi connectivity index (χ1v) is 8.87. The number of aryl methyl sites for hydroxylation is 1. The van der Waals surface area contributed by atoms with Gasteiger partial charge in [0.05, 0.1) is 5.69 Å². The van der Waals surface area contributed by atoms with E-state index in [9.17, 15) is 13.2 Å². The monoisotopic (exact) mass is 319 g/mol. The molecule has 112 valence electrons. The van der Waals surface area contributed by atoms with Crippen LogP contribution < -0.4 is 0 Å². The third-order valence-electron chi connectivity index (χ3n) is 3.87. The number of rotatable bonds is 3. The normalized spacial score (nSPS) is 23.3. The first-order chi connectivity index (χ1) is 9.25. The van der Waals surface area contributed by atoms with Crippen molar-refractivity contribution in [1.29, 1.82) is 0 Å². The minimum atomic E-state index is -4.00. The number of halogens is 1. The van der Waals surface area contributed by atoms with E-state index in [0.29, 0.717) is 37.0 Å². The fourth-order valence-corrected chi connectivity index (χ4v) is 3.81. The van der Waals surface area contributed by atoms with Crippen molar-refractivity contribution in [3.8, 4) is 0 Å². The number of carbonyl (C=O) groups is 1. The van der Waals surface area contributed by atoms with Crippen molar-refractivity contribution in [2.24, 2.45) is 11.8 Å². The summed E-state index contributed by atoms with van der Waals surface area (Å²) in [5.41, 5.74) is 0.266. The van der Waals surface area contributed by atoms with E-state index in [1.165, 1.54) is 0 Å². The van der Waals surface area contributed by atoms with E-state index in [1.54, 1.807) is 11.8 Å². The van der Waals surface area contributed by atoms with Crippen LogP contribution in [0.4, 0.5) is 0 Å². The van der Waals surface area contributed by atoms with E-state index >= 15 is 0 Å². The number of hydrogen-bond donors (Lipinski definition) is 1. The van der Waals surface area contributed by atoms with Crippen molar-refractivity contribution in [2.45, 2.75) is 32.1 Å². The van der Waals surface area contributed by atoms with Crippen LogP contribution in [0.5, 0.6) is 0 Å². The fraction of sp³-hybridized carbons (Fsp3) is 0.667. The Morgan fingerprint density at radius 2 is 1.95 bits per heavy atom. The number of amides is 1. The minimum absolute atomic E-state index is 0.0989. The van der Waals surface area contributed by atoms with E-state index in [-0.39, 0.29) is 16.5 Å². The summed E-state index contributed by atoms with van der Waals surface area (Å²) < 4.78 is 23.4. The van der Waals surface area contributed by atoms with E-state index in [2.05, 4.69) is 24.0 Å². The van der Waals surface area contributed by atoms with Crippen molar-refractivity contribution in [1.82, 2.24) is 15.1 Å². The maximum atomic E-state index is 12.5. The molecule has 20 heavy (non-hydrogen) atoms. The molecule has 0 saturated carbocycles. The van der Waals surface area contributed by atoms with E-state index in [4.69, 9.17) is 10.7 Å². The average molecular weight is 320 g/mol. The molecule has 2 heterocycles. The summed E-state index contributed by atoms with van der Waals surface area (Å²) in [6.07, 6.45) is 0.411. The molecule has 0 aliphatic carbocycles. The predicted molar refractivity (Wildman–Crippen MR) is 75.2 cm³/mol. The summed E-state index contributed by atoms with van der Waals surface area (Å²) in [7, 11) is 1.44. The molecule has 2 unspecified atom stereocenters. The molecule has 0 spiro atoms. The molecule has 1 saturated heterocycles. The second-order valence-electron chi connectivity index (χ2n) is 5.34. The maximum absolute atomic E-state index is 12.5. The van der Waals surface area contributed by atoms with Crippen LogP contribution in [-0.2, 0) is 15.5 Å². The summed E-state index contributed by atoms with van der Waals surface area (Å²) in [5, 5.41) is 6.46. The number of aromatic nitrogens is 2. The van der Waals surface area contributed by atoms with Crippen LogP contribution in [0, 0.1) is 11.8 Å². The summed E-state index contributed by atoms with van der Waals surface area (Å²) >= 11 is 0. The summed E-state index contributed by atoms with van der Waals surface area (Å²) in [6.45, 7) is 7.12. The van der Waals surface area contributed by atoms with Gasteiger partial charge >= 0.3 is 0 Å². The Morgan fingerprint density at radius 3 is 2.40 bits per heavy atom. The Balaban J connectivity index is 2.39. The van der Waals surface area contributed by atoms with Crippen LogP contribution in [0.2, 0.25) is 0 Å². The summed E-state index contributed by atoms with van der Waals surface area (Å²) in [5.74, 6) is 0.399. The summed E-state index contributed by atoms with van der Waals surface area (Å²) in [6, 6.07) is 0. The highest BCUT2D eigenvalue weighted by Crippen LogP contribution is 2.28. The first kappa shape index (κ1) is 15.3. The molecule has 6 nitrogen and oxygen atoms in total. The first-order valence-electron chi connectivity index (χ1n) is 6.56. The smallest absolute Gasteiger partial charge is 0.275 e. The quantitative estimate of drug-likeness (QED) is 0.858. The largest absolute Gasteiger partial charge is 0.337 e. The number of H-pyrrole nitrogens is 1. The Bertz CT molecular complexity index is 616. The third-order valence-corrected chi connectivity index (χ3v) is 5.26.